The first-order valence-electron chi connectivity index (χ1n) is 5.72. The molecule has 0 spiro atoms. The predicted octanol–water partition coefficient (Wildman–Crippen LogP) is 2.89. The average Bonchev–Trinajstić information content (AvgIpc) is 2.29. The summed E-state index contributed by atoms with van der Waals surface area (Å²) in [6, 6.07) is 7.17. The van der Waals surface area contributed by atoms with E-state index in [4.69, 9.17) is 21.1 Å². The number of hydrogen-bond donors (Lipinski definition) is 1. The van der Waals surface area contributed by atoms with Gasteiger partial charge < -0.3 is 14.6 Å². The van der Waals surface area contributed by atoms with Crippen LogP contribution in [-0.2, 0) is 4.74 Å². The van der Waals surface area contributed by atoms with Crippen molar-refractivity contribution in [1.82, 2.24) is 0 Å². The van der Waals surface area contributed by atoms with E-state index >= 15 is 0 Å². The minimum atomic E-state index is -0.496. The molecule has 0 saturated heterocycles. The van der Waals surface area contributed by atoms with Crippen LogP contribution in [0.25, 0.3) is 0 Å². The molecule has 1 rings (SSSR count). The van der Waals surface area contributed by atoms with Gasteiger partial charge in [-0.25, -0.2) is 0 Å². The normalized spacial score (nSPS) is 14.4. The highest BCUT2D eigenvalue weighted by Crippen LogP contribution is 2.19. The molecular weight excluding hydrogens is 240 g/mol. The number of benzene rings is 1. The molecule has 2 unspecified atom stereocenters. The predicted molar refractivity (Wildman–Crippen MR) is 68.7 cm³/mol. The zero-order valence-electron chi connectivity index (χ0n) is 10.2. The van der Waals surface area contributed by atoms with Gasteiger partial charge in [-0.3, -0.25) is 0 Å². The lowest BCUT2D eigenvalue weighted by Crippen LogP contribution is -2.28. The standard InChI is InChI=1S/C13H19ClO3/c1-10(13(15)7-4-8-16-2)17-12-6-3-5-11(14)9-12/h3,5-6,9-10,13,15H,4,7-8H2,1-2H3. The molecule has 0 fully saturated rings. The molecule has 4 heteroatoms. The number of methoxy groups -OCH3 is 1. The Hall–Kier alpha value is -0.770. The van der Waals surface area contributed by atoms with Crippen LogP contribution in [0.3, 0.4) is 0 Å². The summed E-state index contributed by atoms with van der Waals surface area (Å²) in [6.45, 7) is 2.50. The van der Waals surface area contributed by atoms with Crippen molar-refractivity contribution in [3.05, 3.63) is 29.3 Å². The van der Waals surface area contributed by atoms with E-state index in [1.807, 2.05) is 19.1 Å². The van der Waals surface area contributed by atoms with E-state index in [-0.39, 0.29) is 6.10 Å². The molecule has 2 atom stereocenters. The van der Waals surface area contributed by atoms with Crippen LogP contribution in [-0.4, -0.2) is 31.0 Å². The van der Waals surface area contributed by atoms with E-state index < -0.39 is 6.10 Å². The van der Waals surface area contributed by atoms with E-state index in [1.165, 1.54) is 0 Å². The second kappa shape index (κ2) is 7.54. The molecule has 0 bridgehead atoms. The number of ether oxygens (including phenoxy) is 2. The second-order valence-electron chi connectivity index (χ2n) is 3.98. The highest BCUT2D eigenvalue weighted by molar-refractivity contribution is 6.30. The van der Waals surface area contributed by atoms with Crippen molar-refractivity contribution in [1.29, 1.82) is 0 Å². The van der Waals surface area contributed by atoms with Crippen LogP contribution in [0.2, 0.25) is 5.02 Å². The summed E-state index contributed by atoms with van der Waals surface area (Å²) < 4.78 is 10.5. The zero-order chi connectivity index (χ0) is 12.7. The molecule has 1 aromatic carbocycles. The monoisotopic (exact) mass is 258 g/mol. The van der Waals surface area contributed by atoms with Gasteiger partial charge in [0.25, 0.3) is 0 Å². The molecule has 0 radical (unpaired) electrons. The summed E-state index contributed by atoms with van der Waals surface area (Å²) in [5.74, 6) is 0.677. The lowest BCUT2D eigenvalue weighted by molar-refractivity contribution is 0.0353. The Morgan fingerprint density at radius 3 is 2.82 bits per heavy atom. The van der Waals surface area contributed by atoms with Crippen LogP contribution in [0.1, 0.15) is 19.8 Å². The lowest BCUT2D eigenvalue weighted by Gasteiger charge is -2.20. The number of halogens is 1. The third kappa shape index (κ3) is 5.39. The highest BCUT2D eigenvalue weighted by Gasteiger charge is 2.15. The highest BCUT2D eigenvalue weighted by atomic mass is 35.5. The van der Waals surface area contributed by atoms with Crippen LogP contribution >= 0.6 is 11.6 Å². The second-order valence-corrected chi connectivity index (χ2v) is 4.42. The Morgan fingerprint density at radius 2 is 2.18 bits per heavy atom. The summed E-state index contributed by atoms with van der Waals surface area (Å²) in [4.78, 5) is 0. The maximum Gasteiger partial charge on any atom is 0.122 e. The van der Waals surface area contributed by atoms with Crippen molar-refractivity contribution in [2.45, 2.75) is 32.0 Å². The number of aliphatic hydroxyl groups is 1. The van der Waals surface area contributed by atoms with Gasteiger partial charge in [-0.05, 0) is 38.0 Å². The molecule has 0 aliphatic rings. The molecule has 1 aromatic rings. The minimum Gasteiger partial charge on any atom is -0.488 e. The molecule has 0 heterocycles. The summed E-state index contributed by atoms with van der Waals surface area (Å²) in [5.41, 5.74) is 0. The molecule has 0 amide bonds. The van der Waals surface area contributed by atoms with Gasteiger partial charge in [0.2, 0.25) is 0 Å². The fourth-order valence-electron chi connectivity index (χ4n) is 1.51. The molecule has 96 valence electrons. The quantitative estimate of drug-likeness (QED) is 0.765. The molecule has 0 aliphatic carbocycles. The van der Waals surface area contributed by atoms with Crippen molar-refractivity contribution in [3.8, 4) is 5.75 Å². The van der Waals surface area contributed by atoms with Gasteiger partial charge >= 0.3 is 0 Å². The molecular formula is C13H19ClO3. The van der Waals surface area contributed by atoms with Gasteiger partial charge in [-0.1, -0.05) is 17.7 Å². The molecule has 0 saturated carbocycles. The van der Waals surface area contributed by atoms with Gasteiger partial charge in [-0.15, -0.1) is 0 Å². The third-order valence-corrected chi connectivity index (χ3v) is 2.74. The van der Waals surface area contributed by atoms with Crippen LogP contribution in [0.4, 0.5) is 0 Å². The summed E-state index contributed by atoms with van der Waals surface area (Å²) in [6.07, 6.45) is 0.727. The molecule has 0 aliphatic heterocycles. The Labute approximate surface area is 107 Å². The Balaban J connectivity index is 2.39. The minimum absolute atomic E-state index is 0.259. The SMILES string of the molecule is COCCCC(O)C(C)Oc1cccc(Cl)c1. The van der Waals surface area contributed by atoms with E-state index in [0.29, 0.717) is 23.8 Å². The smallest absolute Gasteiger partial charge is 0.122 e. The van der Waals surface area contributed by atoms with Gasteiger partial charge in [0.15, 0.2) is 0 Å². The van der Waals surface area contributed by atoms with Gasteiger partial charge in [-0.2, -0.15) is 0 Å². The number of aliphatic hydroxyl groups excluding tert-OH is 1. The zero-order valence-corrected chi connectivity index (χ0v) is 11.0. The van der Waals surface area contributed by atoms with Crippen molar-refractivity contribution in [3.63, 3.8) is 0 Å². The van der Waals surface area contributed by atoms with Crippen LogP contribution in [0.15, 0.2) is 24.3 Å². The fraction of sp³-hybridized carbons (Fsp3) is 0.538. The van der Waals surface area contributed by atoms with Gasteiger partial charge in [0, 0.05) is 18.7 Å². The fourth-order valence-corrected chi connectivity index (χ4v) is 1.69. The lowest BCUT2D eigenvalue weighted by atomic mass is 10.1. The van der Waals surface area contributed by atoms with E-state index in [1.54, 1.807) is 19.2 Å². The third-order valence-electron chi connectivity index (χ3n) is 2.51. The van der Waals surface area contributed by atoms with E-state index in [0.717, 1.165) is 6.42 Å². The first-order valence-corrected chi connectivity index (χ1v) is 6.10. The Kier molecular flexibility index (Phi) is 6.34. The summed E-state index contributed by atoms with van der Waals surface area (Å²) in [5, 5.41) is 10.5. The Morgan fingerprint density at radius 1 is 1.41 bits per heavy atom. The molecule has 0 aromatic heterocycles. The number of rotatable bonds is 7. The van der Waals surface area contributed by atoms with E-state index in [2.05, 4.69) is 0 Å². The Bertz CT molecular complexity index is 330. The summed E-state index contributed by atoms with van der Waals surface area (Å²) >= 11 is 5.85. The van der Waals surface area contributed by atoms with Crippen LogP contribution < -0.4 is 4.74 Å². The largest absolute Gasteiger partial charge is 0.488 e. The van der Waals surface area contributed by atoms with Crippen molar-refractivity contribution < 1.29 is 14.6 Å². The topological polar surface area (TPSA) is 38.7 Å². The van der Waals surface area contributed by atoms with Gasteiger partial charge in [0.05, 0.1) is 6.10 Å². The van der Waals surface area contributed by atoms with Crippen molar-refractivity contribution in [2.75, 3.05) is 13.7 Å². The van der Waals surface area contributed by atoms with Crippen molar-refractivity contribution in [2.24, 2.45) is 0 Å². The molecule has 3 nitrogen and oxygen atoms in total. The first kappa shape index (κ1) is 14.3. The maximum absolute atomic E-state index is 9.86. The maximum atomic E-state index is 9.86. The van der Waals surface area contributed by atoms with Crippen LogP contribution in [0.5, 0.6) is 5.75 Å². The van der Waals surface area contributed by atoms with E-state index in [9.17, 15) is 5.11 Å². The van der Waals surface area contributed by atoms with Crippen molar-refractivity contribution >= 4 is 11.6 Å². The molecule has 17 heavy (non-hydrogen) atoms. The first-order chi connectivity index (χ1) is 8.13. The average molecular weight is 259 g/mol. The van der Waals surface area contributed by atoms with Crippen LogP contribution in [0, 0.1) is 0 Å². The molecule has 1 N–H and O–H groups in total. The number of hydrogen-bond acceptors (Lipinski definition) is 3. The van der Waals surface area contributed by atoms with Gasteiger partial charge in [0.1, 0.15) is 11.9 Å². The summed E-state index contributed by atoms with van der Waals surface area (Å²) in [7, 11) is 1.65.